The lowest BCUT2D eigenvalue weighted by Crippen LogP contribution is -2.35. The number of aliphatic carboxylic acids is 1. The molecule has 2 unspecified atom stereocenters. The van der Waals surface area contributed by atoms with Gasteiger partial charge in [0.15, 0.2) is 0 Å². The number of Topliss-reactive ketones (excluding diaryl/α,β-unsaturated/α-hetero) is 1. The first-order valence-corrected chi connectivity index (χ1v) is 20.1. The Morgan fingerprint density at radius 3 is 2.40 bits per heavy atom. The summed E-state index contributed by atoms with van der Waals surface area (Å²) < 4.78 is 55.5. The summed E-state index contributed by atoms with van der Waals surface area (Å²) in [5, 5.41) is 13.6. The summed E-state index contributed by atoms with van der Waals surface area (Å²) in [4.78, 5) is 34.7. The summed E-state index contributed by atoms with van der Waals surface area (Å²) in [6.45, 7) is 3.78. The van der Waals surface area contributed by atoms with Gasteiger partial charge in [0.25, 0.3) is 0 Å². The first kappa shape index (κ1) is 40.7. The molecule has 13 heteroatoms. The molecule has 2 aromatic heterocycles. The molecule has 3 heterocycles. The van der Waals surface area contributed by atoms with E-state index in [0.29, 0.717) is 79.9 Å². The van der Waals surface area contributed by atoms with Crippen LogP contribution in [-0.2, 0) is 41.7 Å². The van der Waals surface area contributed by atoms with Crippen molar-refractivity contribution < 1.29 is 37.3 Å². The van der Waals surface area contributed by atoms with Crippen LogP contribution in [0.2, 0.25) is 5.02 Å². The van der Waals surface area contributed by atoms with E-state index in [1.807, 2.05) is 60.4 Å². The van der Waals surface area contributed by atoms with E-state index in [4.69, 9.17) is 26.1 Å². The molecular weight excluding hydrogens is 757 g/mol. The Bertz CT molecular complexity index is 2150. The highest BCUT2D eigenvalue weighted by atomic mass is 35.5. The van der Waals surface area contributed by atoms with Crippen LogP contribution >= 0.6 is 11.6 Å². The maximum absolute atomic E-state index is 14.7. The number of likely N-dealkylation sites (tertiary alicyclic amines) is 1. The Hall–Kier alpha value is -4.52. The van der Waals surface area contributed by atoms with Gasteiger partial charge in [-0.05, 0) is 92.3 Å². The van der Waals surface area contributed by atoms with Crippen LogP contribution in [0.25, 0.3) is 22.4 Å². The van der Waals surface area contributed by atoms with Crippen LogP contribution in [0.5, 0.6) is 11.8 Å². The Balaban J connectivity index is 1.13. The summed E-state index contributed by atoms with van der Waals surface area (Å²) in [6.07, 6.45) is -0.0769. The number of ketones is 1. The number of carboxylic acid groups (broad SMARTS) is 1. The molecule has 1 saturated carbocycles. The van der Waals surface area contributed by atoms with Gasteiger partial charge in [0, 0.05) is 54.2 Å². The van der Waals surface area contributed by atoms with Gasteiger partial charge >= 0.3 is 12.1 Å². The quantitative estimate of drug-likeness (QED) is 0.129. The van der Waals surface area contributed by atoms with E-state index in [9.17, 15) is 27.9 Å². The van der Waals surface area contributed by atoms with E-state index in [2.05, 4.69) is 10.3 Å². The summed E-state index contributed by atoms with van der Waals surface area (Å²) in [6, 6.07) is 16.4. The molecule has 4 atom stereocenters. The van der Waals surface area contributed by atoms with Crippen molar-refractivity contribution in [3.8, 4) is 34.1 Å². The third kappa shape index (κ3) is 8.54. The minimum Gasteiger partial charge on any atom is -0.481 e. The highest BCUT2D eigenvalue weighted by Crippen LogP contribution is 2.46. The van der Waals surface area contributed by atoms with Gasteiger partial charge < -0.3 is 19.9 Å². The van der Waals surface area contributed by atoms with Crippen molar-refractivity contribution in [3.63, 3.8) is 0 Å². The van der Waals surface area contributed by atoms with Crippen LogP contribution < -0.4 is 14.8 Å². The number of hydrogen-bond donors (Lipinski definition) is 2. The van der Waals surface area contributed by atoms with Gasteiger partial charge in [0.2, 0.25) is 11.8 Å². The molecule has 57 heavy (non-hydrogen) atoms. The van der Waals surface area contributed by atoms with E-state index < -0.39 is 23.6 Å². The second-order valence-corrected chi connectivity index (χ2v) is 15.8. The number of halogens is 4. The minimum atomic E-state index is -4.65. The van der Waals surface area contributed by atoms with Crippen LogP contribution in [0, 0.1) is 11.8 Å². The minimum absolute atomic E-state index is 0.0712. The van der Waals surface area contributed by atoms with Crippen molar-refractivity contribution in [1.29, 1.82) is 0 Å². The predicted octanol–water partition coefficient (Wildman–Crippen LogP) is 8.92. The summed E-state index contributed by atoms with van der Waals surface area (Å²) in [5.41, 5.74) is 5.43. The fourth-order valence-corrected chi connectivity index (χ4v) is 9.54. The molecule has 2 aromatic carbocycles. The number of benzene rings is 2. The van der Waals surface area contributed by atoms with Gasteiger partial charge in [-0.15, -0.1) is 0 Å². The average molecular weight is 805 g/mol. The molecule has 0 radical (unpaired) electrons. The van der Waals surface area contributed by atoms with E-state index in [0.717, 1.165) is 52.4 Å². The van der Waals surface area contributed by atoms with Crippen molar-refractivity contribution >= 4 is 23.4 Å². The summed E-state index contributed by atoms with van der Waals surface area (Å²) in [7, 11) is 2.98. The van der Waals surface area contributed by atoms with Crippen LogP contribution in [-0.4, -0.2) is 65.1 Å². The number of nitrogens with zero attached hydrogens (tertiary/aromatic N) is 3. The zero-order chi connectivity index (χ0) is 40.4. The second-order valence-electron chi connectivity index (χ2n) is 15.5. The lowest BCUT2D eigenvalue weighted by atomic mass is 9.90. The van der Waals surface area contributed by atoms with E-state index in [-0.39, 0.29) is 42.1 Å². The van der Waals surface area contributed by atoms with Crippen molar-refractivity contribution in [2.75, 3.05) is 27.3 Å². The average Bonchev–Trinajstić information content (AvgIpc) is 3.93. The Morgan fingerprint density at radius 2 is 1.70 bits per heavy atom. The Morgan fingerprint density at radius 1 is 0.965 bits per heavy atom. The molecule has 2 aliphatic carbocycles. The lowest BCUT2D eigenvalue weighted by Gasteiger charge is -2.27. The molecule has 9 nitrogen and oxygen atoms in total. The maximum Gasteiger partial charge on any atom is 0.418 e. The number of ether oxygens (including phenoxy) is 2. The van der Waals surface area contributed by atoms with E-state index >= 15 is 0 Å². The lowest BCUT2D eigenvalue weighted by molar-refractivity contribution is -0.142. The fourth-order valence-electron chi connectivity index (χ4n) is 9.21. The molecule has 0 bridgehead atoms. The van der Waals surface area contributed by atoms with Crippen LogP contribution in [0.3, 0.4) is 0 Å². The number of aromatic nitrogens is 2. The monoisotopic (exact) mass is 804 g/mol. The van der Waals surface area contributed by atoms with Crippen LogP contribution in [0.1, 0.15) is 84.9 Å². The Labute approximate surface area is 336 Å². The Kier molecular flexibility index (Phi) is 12.2. The number of carboxylic acids is 1. The standard InChI is InChI=1S/C44H48ClF3N4O5/c1-4-39-35(43(54)55)17-18-52(39)24-28-20-36(44(46,47)48)38(51-42(28)57-3)21-26-12-15-32-30(26)7-5-8-31(32)33-9-6-10-34(40(33)45)37-16-13-27(41(50-37)56-2)23-49-22-25-11-14-29(53)19-25/h5-10,13,16,20,25-26,35,39,49H,4,11-12,14-15,17-19,21-24H2,1-3H3,(H,54,55)/t25-,26-,35?,39?/m1/s1. The molecule has 302 valence electrons. The zero-order valence-corrected chi connectivity index (χ0v) is 33.2. The van der Waals surface area contributed by atoms with Crippen molar-refractivity contribution in [2.24, 2.45) is 11.8 Å². The summed E-state index contributed by atoms with van der Waals surface area (Å²) >= 11 is 7.17. The number of fused-ring (bicyclic) bond motifs is 1. The number of rotatable bonds is 14. The number of methoxy groups -OCH3 is 2. The third-order valence-corrected chi connectivity index (χ3v) is 12.4. The third-order valence-electron chi connectivity index (χ3n) is 12.0. The predicted molar refractivity (Wildman–Crippen MR) is 212 cm³/mol. The second kappa shape index (κ2) is 17.1. The van der Waals surface area contributed by atoms with Crippen LogP contribution in [0.15, 0.2) is 54.6 Å². The number of pyridine rings is 2. The van der Waals surface area contributed by atoms with E-state index in [1.54, 1.807) is 7.11 Å². The molecule has 2 fully saturated rings. The molecule has 3 aliphatic rings. The highest BCUT2D eigenvalue weighted by molar-refractivity contribution is 6.36. The summed E-state index contributed by atoms with van der Waals surface area (Å²) in [5.74, 6) is -0.391. The molecule has 4 aromatic rings. The van der Waals surface area contributed by atoms with Crippen molar-refractivity contribution in [3.05, 3.63) is 93.1 Å². The molecule has 7 rings (SSSR count). The highest BCUT2D eigenvalue weighted by Gasteiger charge is 2.40. The first-order valence-electron chi connectivity index (χ1n) is 19.7. The normalized spacial score (nSPS) is 20.9. The molecule has 0 spiro atoms. The SMILES string of the molecule is CCC1C(C(=O)O)CCN1Cc1cc(C(F)(F)F)c(C[C@H]2CCc3c(-c4cccc(-c5ccc(CNC[C@@H]6CCC(=O)C6)c(OC)n5)c4Cl)cccc32)nc1OC. The molecule has 1 aliphatic heterocycles. The van der Waals surface area contributed by atoms with Gasteiger partial charge in [-0.1, -0.05) is 61.0 Å². The number of nitrogens with one attached hydrogen (secondary N) is 1. The maximum atomic E-state index is 14.7. The topological polar surface area (TPSA) is 114 Å². The molecule has 1 saturated heterocycles. The number of alkyl halides is 3. The van der Waals surface area contributed by atoms with Gasteiger partial charge in [-0.2, -0.15) is 13.2 Å². The smallest absolute Gasteiger partial charge is 0.418 e. The molecule has 0 amide bonds. The fraction of sp³-hybridized carbons (Fsp3) is 0.455. The largest absolute Gasteiger partial charge is 0.481 e. The first-order chi connectivity index (χ1) is 27.4. The zero-order valence-electron chi connectivity index (χ0n) is 32.4. The number of hydrogen-bond acceptors (Lipinski definition) is 8. The van der Waals surface area contributed by atoms with Crippen molar-refractivity contribution in [1.82, 2.24) is 20.2 Å². The van der Waals surface area contributed by atoms with Gasteiger partial charge in [-0.25, -0.2) is 9.97 Å². The van der Waals surface area contributed by atoms with Gasteiger partial charge in [-0.3, -0.25) is 14.5 Å². The number of carbonyl (C=O) groups excluding carboxylic acids is 1. The van der Waals surface area contributed by atoms with Gasteiger partial charge in [0.05, 0.1) is 42.1 Å². The molecular formula is C44H48ClF3N4O5. The number of carbonyl (C=O) groups is 2. The van der Waals surface area contributed by atoms with Gasteiger partial charge in [0.1, 0.15) is 5.78 Å². The van der Waals surface area contributed by atoms with E-state index in [1.165, 1.54) is 7.11 Å². The molecule has 2 N–H and O–H groups in total. The van der Waals surface area contributed by atoms with Crippen molar-refractivity contribution in [2.45, 2.75) is 89.5 Å². The van der Waals surface area contributed by atoms with Crippen LogP contribution in [0.4, 0.5) is 13.2 Å².